The van der Waals surface area contributed by atoms with Gasteiger partial charge in [-0.25, -0.2) is 0 Å². The minimum absolute atomic E-state index is 0.0587. The summed E-state index contributed by atoms with van der Waals surface area (Å²) in [6.45, 7) is 4.59. The van der Waals surface area contributed by atoms with Crippen molar-refractivity contribution in [1.82, 2.24) is 5.32 Å². The lowest BCUT2D eigenvalue weighted by Crippen LogP contribution is -2.25. The largest absolute Gasteiger partial charge is 0.491 e. The van der Waals surface area contributed by atoms with Gasteiger partial charge >= 0.3 is 0 Å². The molecule has 0 amide bonds. The SMILES string of the molecule is CCNC1CCCc2ccc(OCCOCCO)cc21. The van der Waals surface area contributed by atoms with Gasteiger partial charge in [0.1, 0.15) is 12.4 Å². The van der Waals surface area contributed by atoms with E-state index in [2.05, 4.69) is 24.4 Å². The summed E-state index contributed by atoms with van der Waals surface area (Å²) in [5, 5.41) is 12.2. The molecule has 4 heteroatoms. The molecule has 0 aliphatic heterocycles. The molecular weight excluding hydrogens is 254 g/mol. The fraction of sp³-hybridized carbons (Fsp3) is 0.625. The molecule has 0 fully saturated rings. The Kier molecular flexibility index (Phi) is 6.30. The lowest BCUT2D eigenvalue weighted by Gasteiger charge is -2.26. The lowest BCUT2D eigenvalue weighted by atomic mass is 9.87. The van der Waals surface area contributed by atoms with Crippen LogP contribution in [-0.2, 0) is 11.2 Å². The summed E-state index contributed by atoms with van der Waals surface area (Å²) in [6.07, 6.45) is 3.61. The van der Waals surface area contributed by atoms with Crippen LogP contribution in [0.2, 0.25) is 0 Å². The maximum Gasteiger partial charge on any atom is 0.119 e. The van der Waals surface area contributed by atoms with E-state index in [0.717, 1.165) is 18.7 Å². The number of benzene rings is 1. The van der Waals surface area contributed by atoms with E-state index in [1.54, 1.807) is 0 Å². The van der Waals surface area contributed by atoms with Gasteiger partial charge in [0.25, 0.3) is 0 Å². The molecule has 4 nitrogen and oxygen atoms in total. The second-order valence-corrected chi connectivity index (χ2v) is 5.05. The first-order chi connectivity index (χ1) is 9.85. The van der Waals surface area contributed by atoms with E-state index >= 15 is 0 Å². The predicted octanol–water partition coefficient (Wildman–Crippen LogP) is 2.06. The predicted molar refractivity (Wildman–Crippen MR) is 79.2 cm³/mol. The third-order valence-corrected chi connectivity index (χ3v) is 3.61. The molecule has 20 heavy (non-hydrogen) atoms. The minimum atomic E-state index is 0.0587. The molecular formula is C16H25NO3. The molecule has 1 aliphatic carbocycles. The van der Waals surface area contributed by atoms with Crippen LogP contribution in [-0.4, -0.2) is 38.1 Å². The third kappa shape index (κ3) is 4.20. The molecule has 2 N–H and O–H groups in total. The first kappa shape index (κ1) is 15.3. The van der Waals surface area contributed by atoms with Crippen LogP contribution in [0.4, 0.5) is 0 Å². The quantitative estimate of drug-likeness (QED) is 0.715. The first-order valence-electron chi connectivity index (χ1n) is 7.52. The summed E-state index contributed by atoms with van der Waals surface area (Å²) in [4.78, 5) is 0. The molecule has 0 aromatic heterocycles. The summed E-state index contributed by atoms with van der Waals surface area (Å²) >= 11 is 0. The zero-order chi connectivity index (χ0) is 14.2. The summed E-state index contributed by atoms with van der Waals surface area (Å²) in [5.41, 5.74) is 2.82. The highest BCUT2D eigenvalue weighted by Gasteiger charge is 2.19. The number of hydrogen-bond acceptors (Lipinski definition) is 4. The number of ether oxygens (including phenoxy) is 2. The van der Waals surface area contributed by atoms with Crippen LogP contribution in [0, 0.1) is 0 Å². The maximum absolute atomic E-state index is 8.62. The fourth-order valence-corrected chi connectivity index (χ4v) is 2.71. The number of hydrogen-bond donors (Lipinski definition) is 2. The van der Waals surface area contributed by atoms with E-state index < -0.39 is 0 Å². The second-order valence-electron chi connectivity index (χ2n) is 5.05. The average molecular weight is 279 g/mol. The van der Waals surface area contributed by atoms with E-state index in [4.69, 9.17) is 14.6 Å². The van der Waals surface area contributed by atoms with Crippen molar-refractivity contribution in [3.05, 3.63) is 29.3 Å². The van der Waals surface area contributed by atoms with Crippen LogP contribution in [0.15, 0.2) is 18.2 Å². The lowest BCUT2D eigenvalue weighted by molar-refractivity contribution is 0.0705. The van der Waals surface area contributed by atoms with Crippen LogP contribution < -0.4 is 10.1 Å². The number of aryl methyl sites for hydroxylation is 1. The highest BCUT2D eigenvalue weighted by molar-refractivity contribution is 5.39. The smallest absolute Gasteiger partial charge is 0.119 e. The summed E-state index contributed by atoms with van der Waals surface area (Å²) in [7, 11) is 0. The van der Waals surface area contributed by atoms with Gasteiger partial charge in [-0.1, -0.05) is 13.0 Å². The van der Waals surface area contributed by atoms with Crippen molar-refractivity contribution in [2.24, 2.45) is 0 Å². The Labute approximate surface area is 121 Å². The van der Waals surface area contributed by atoms with Crippen molar-refractivity contribution in [3.8, 4) is 5.75 Å². The molecule has 0 spiro atoms. The number of aliphatic hydroxyl groups excluding tert-OH is 1. The summed E-state index contributed by atoms with van der Waals surface area (Å²) in [5.74, 6) is 0.904. The van der Waals surface area contributed by atoms with Gasteiger partial charge < -0.3 is 19.9 Å². The summed E-state index contributed by atoms with van der Waals surface area (Å²) < 4.78 is 10.9. The molecule has 1 aliphatic rings. The van der Waals surface area contributed by atoms with Crippen LogP contribution in [0.5, 0.6) is 5.75 Å². The van der Waals surface area contributed by atoms with Gasteiger partial charge in [0.05, 0.1) is 19.8 Å². The fourth-order valence-electron chi connectivity index (χ4n) is 2.71. The Morgan fingerprint density at radius 3 is 3.00 bits per heavy atom. The molecule has 0 heterocycles. The molecule has 0 radical (unpaired) electrons. The van der Waals surface area contributed by atoms with E-state index in [1.165, 1.54) is 24.0 Å². The molecule has 1 atom stereocenters. The van der Waals surface area contributed by atoms with Gasteiger partial charge in [0.2, 0.25) is 0 Å². The molecule has 1 aromatic rings. The minimum Gasteiger partial charge on any atom is -0.491 e. The van der Waals surface area contributed by atoms with Crippen LogP contribution >= 0.6 is 0 Å². The summed E-state index contributed by atoms with van der Waals surface area (Å²) in [6, 6.07) is 6.84. The van der Waals surface area contributed by atoms with Gasteiger partial charge in [-0.15, -0.1) is 0 Å². The number of aliphatic hydroxyl groups is 1. The van der Waals surface area contributed by atoms with Crippen LogP contribution in [0.1, 0.15) is 36.9 Å². The van der Waals surface area contributed by atoms with Gasteiger partial charge in [0, 0.05) is 6.04 Å². The highest BCUT2D eigenvalue weighted by atomic mass is 16.5. The molecule has 0 bridgehead atoms. The number of rotatable bonds is 8. The van der Waals surface area contributed by atoms with Crippen LogP contribution in [0.3, 0.4) is 0 Å². The van der Waals surface area contributed by atoms with E-state index in [0.29, 0.717) is 25.9 Å². The molecule has 0 saturated heterocycles. The standard InChI is InChI=1S/C16H25NO3/c1-2-17-16-5-3-4-13-6-7-14(12-15(13)16)20-11-10-19-9-8-18/h6-7,12,16-18H,2-5,8-11H2,1H3. The van der Waals surface area contributed by atoms with Gasteiger partial charge in [-0.3, -0.25) is 0 Å². The number of nitrogens with one attached hydrogen (secondary N) is 1. The first-order valence-corrected chi connectivity index (χ1v) is 7.52. The topological polar surface area (TPSA) is 50.7 Å². The Hall–Kier alpha value is -1.10. The van der Waals surface area contributed by atoms with Gasteiger partial charge in [0.15, 0.2) is 0 Å². The maximum atomic E-state index is 8.62. The third-order valence-electron chi connectivity index (χ3n) is 3.61. The van der Waals surface area contributed by atoms with Gasteiger partial charge in [-0.2, -0.15) is 0 Å². The van der Waals surface area contributed by atoms with Crippen molar-refractivity contribution in [2.75, 3.05) is 33.0 Å². The molecule has 0 saturated carbocycles. The van der Waals surface area contributed by atoms with E-state index in [9.17, 15) is 0 Å². The second kappa shape index (κ2) is 8.25. The normalized spacial score (nSPS) is 17.8. The molecule has 1 unspecified atom stereocenters. The van der Waals surface area contributed by atoms with Crippen molar-refractivity contribution < 1.29 is 14.6 Å². The monoisotopic (exact) mass is 279 g/mol. The van der Waals surface area contributed by atoms with Crippen LogP contribution in [0.25, 0.3) is 0 Å². The molecule has 112 valence electrons. The zero-order valence-electron chi connectivity index (χ0n) is 12.2. The highest BCUT2D eigenvalue weighted by Crippen LogP contribution is 2.32. The molecule has 2 rings (SSSR count). The van der Waals surface area contributed by atoms with E-state index in [-0.39, 0.29) is 6.61 Å². The van der Waals surface area contributed by atoms with Crippen molar-refractivity contribution in [1.29, 1.82) is 0 Å². The van der Waals surface area contributed by atoms with Crippen molar-refractivity contribution in [2.45, 2.75) is 32.2 Å². The van der Waals surface area contributed by atoms with Gasteiger partial charge in [-0.05, 0) is 49.1 Å². The Morgan fingerprint density at radius 1 is 1.30 bits per heavy atom. The Balaban J connectivity index is 1.93. The number of fused-ring (bicyclic) bond motifs is 1. The Bertz CT molecular complexity index is 409. The Morgan fingerprint density at radius 2 is 2.20 bits per heavy atom. The van der Waals surface area contributed by atoms with Crippen molar-refractivity contribution in [3.63, 3.8) is 0 Å². The zero-order valence-corrected chi connectivity index (χ0v) is 12.2. The average Bonchev–Trinajstić information content (AvgIpc) is 2.48. The van der Waals surface area contributed by atoms with E-state index in [1.807, 2.05) is 6.07 Å². The van der Waals surface area contributed by atoms with Crippen molar-refractivity contribution >= 4 is 0 Å². The molecule has 1 aromatic carbocycles.